The lowest BCUT2D eigenvalue weighted by Gasteiger charge is -2.11. The van der Waals surface area contributed by atoms with Gasteiger partial charge in [-0.15, -0.1) is 13.2 Å². The molecule has 104 valence electrons. The predicted octanol–water partition coefficient (Wildman–Crippen LogP) is 0.809. The summed E-state index contributed by atoms with van der Waals surface area (Å²) in [6.07, 6.45) is -6.33. The summed E-state index contributed by atoms with van der Waals surface area (Å²) in [5, 5.41) is 19.1. The van der Waals surface area contributed by atoms with Gasteiger partial charge in [-0.2, -0.15) is 0 Å². The van der Waals surface area contributed by atoms with Crippen LogP contribution in [0.25, 0.3) is 0 Å². The van der Waals surface area contributed by atoms with Gasteiger partial charge in [-0.3, -0.25) is 4.79 Å². The Morgan fingerprint density at radius 3 is 2.53 bits per heavy atom. The Morgan fingerprint density at radius 2 is 2.11 bits per heavy atom. The van der Waals surface area contributed by atoms with Gasteiger partial charge >= 0.3 is 23.7 Å². The number of nitrogens with zero attached hydrogens (tertiary/aromatic N) is 1. The van der Waals surface area contributed by atoms with Crippen molar-refractivity contribution in [2.45, 2.75) is 12.8 Å². The highest BCUT2D eigenvalue weighted by molar-refractivity contribution is 5.73. The third-order valence-electron chi connectivity index (χ3n) is 1.82. The minimum atomic E-state index is -5.21. The van der Waals surface area contributed by atoms with E-state index in [-0.39, 0.29) is 0 Å². The van der Waals surface area contributed by atoms with Gasteiger partial charge in [0.25, 0.3) is 0 Å². The van der Waals surface area contributed by atoms with Gasteiger partial charge in [0.15, 0.2) is 0 Å². The second kappa shape index (κ2) is 4.96. The molecule has 11 heteroatoms. The van der Waals surface area contributed by atoms with Gasteiger partial charge in [-0.05, 0) is 4.92 Å². The van der Waals surface area contributed by atoms with Crippen molar-refractivity contribution in [3.05, 3.63) is 32.1 Å². The average molecular weight is 282 g/mol. The number of alkyl halides is 3. The van der Waals surface area contributed by atoms with Crippen LogP contribution in [-0.4, -0.2) is 27.3 Å². The molecule has 0 aliphatic rings. The van der Waals surface area contributed by atoms with Crippen LogP contribution in [0.15, 0.2) is 10.9 Å². The molecule has 8 nitrogen and oxygen atoms in total. The van der Waals surface area contributed by atoms with Crippen LogP contribution in [-0.2, 0) is 11.2 Å². The van der Waals surface area contributed by atoms with E-state index in [1.807, 2.05) is 0 Å². The molecule has 0 aromatic carbocycles. The number of halogens is 3. The summed E-state index contributed by atoms with van der Waals surface area (Å²) >= 11 is 0. The van der Waals surface area contributed by atoms with Crippen LogP contribution in [0.5, 0.6) is 5.75 Å². The average Bonchev–Trinajstić information content (AvgIpc) is 2.18. The molecule has 0 radical (unpaired) electrons. The highest BCUT2D eigenvalue weighted by atomic mass is 19.4. The highest BCUT2D eigenvalue weighted by Gasteiger charge is 2.34. The first-order valence-corrected chi connectivity index (χ1v) is 4.48. The monoisotopic (exact) mass is 282 g/mol. The number of H-pyrrole nitrogens is 1. The van der Waals surface area contributed by atoms with Crippen molar-refractivity contribution in [1.82, 2.24) is 4.98 Å². The van der Waals surface area contributed by atoms with Crippen LogP contribution in [0.2, 0.25) is 0 Å². The van der Waals surface area contributed by atoms with Crippen molar-refractivity contribution < 1.29 is 32.7 Å². The molecule has 0 saturated heterocycles. The number of rotatable bonds is 4. The van der Waals surface area contributed by atoms with Gasteiger partial charge in [-0.25, -0.2) is 9.78 Å². The Balaban J connectivity index is 3.45. The van der Waals surface area contributed by atoms with Crippen molar-refractivity contribution >= 4 is 11.8 Å². The largest absolute Gasteiger partial charge is 0.573 e. The minimum absolute atomic E-state index is 0.290. The molecule has 0 unspecified atom stereocenters. The number of nitro groups is 1. The molecular formula is C8H5F3N2O6. The molecule has 1 rings (SSSR count). The standard InChI is InChI=1S/C8H5F3N2O6/c9-8(10,11)19-4-2-5(14)12-7(13(17)18)3(4)1-6(15)16/h2H,1H2,(H,12,14)(H,15,16). The molecule has 1 aromatic heterocycles. The van der Waals surface area contributed by atoms with E-state index in [0.717, 1.165) is 0 Å². The Labute approximate surface area is 101 Å². The zero-order valence-corrected chi connectivity index (χ0v) is 8.85. The molecule has 0 aliphatic carbocycles. The summed E-state index contributed by atoms with van der Waals surface area (Å²) < 4.78 is 39.6. The SMILES string of the molecule is O=C(O)Cc1c(OC(F)(F)F)cc(=O)[nH]c1[N+](=O)[O-]. The van der Waals surface area contributed by atoms with Gasteiger partial charge in [0, 0.05) is 0 Å². The van der Waals surface area contributed by atoms with E-state index >= 15 is 0 Å². The van der Waals surface area contributed by atoms with Crippen LogP contribution in [0.4, 0.5) is 19.0 Å². The summed E-state index contributed by atoms with van der Waals surface area (Å²) in [5.41, 5.74) is -2.10. The summed E-state index contributed by atoms with van der Waals surface area (Å²) in [5.74, 6) is -4.00. The maximum Gasteiger partial charge on any atom is 0.573 e. The zero-order chi connectivity index (χ0) is 14.8. The van der Waals surface area contributed by atoms with Gasteiger partial charge in [0.05, 0.1) is 18.1 Å². The Bertz CT molecular complexity index is 579. The first-order chi connectivity index (χ1) is 8.60. The summed E-state index contributed by atoms with van der Waals surface area (Å²) in [4.78, 5) is 32.5. The van der Waals surface area contributed by atoms with Crippen LogP contribution in [0, 0.1) is 10.1 Å². The predicted molar refractivity (Wildman–Crippen MR) is 51.7 cm³/mol. The van der Waals surface area contributed by atoms with E-state index in [2.05, 4.69) is 4.74 Å². The van der Waals surface area contributed by atoms with Gasteiger partial charge in [0.2, 0.25) is 0 Å². The van der Waals surface area contributed by atoms with Crippen molar-refractivity contribution in [3.63, 3.8) is 0 Å². The lowest BCUT2D eigenvalue weighted by Crippen LogP contribution is -2.22. The fraction of sp³-hybridized carbons (Fsp3) is 0.250. The van der Waals surface area contributed by atoms with Crippen LogP contribution in [0.3, 0.4) is 0 Å². The van der Waals surface area contributed by atoms with Gasteiger partial charge in [0.1, 0.15) is 5.75 Å². The second-order valence-corrected chi connectivity index (χ2v) is 3.20. The maximum absolute atomic E-state index is 12.1. The summed E-state index contributed by atoms with van der Waals surface area (Å²) in [7, 11) is 0. The number of hydrogen-bond donors (Lipinski definition) is 2. The molecule has 0 atom stereocenters. The number of aromatic nitrogens is 1. The fourth-order valence-corrected chi connectivity index (χ4v) is 1.24. The number of aliphatic carboxylic acids is 1. The first kappa shape index (κ1) is 14.5. The highest BCUT2D eigenvalue weighted by Crippen LogP contribution is 2.29. The number of nitrogens with one attached hydrogen (secondary N) is 1. The Kier molecular flexibility index (Phi) is 3.77. The molecule has 0 aliphatic heterocycles. The lowest BCUT2D eigenvalue weighted by atomic mass is 10.1. The summed E-state index contributed by atoms with van der Waals surface area (Å²) in [6, 6.07) is 0.290. The third-order valence-corrected chi connectivity index (χ3v) is 1.82. The number of ether oxygens (including phenoxy) is 1. The van der Waals surface area contributed by atoms with Crippen LogP contribution in [0.1, 0.15) is 5.56 Å². The van der Waals surface area contributed by atoms with E-state index in [9.17, 15) is 32.9 Å². The molecule has 0 bridgehead atoms. The molecule has 0 saturated carbocycles. The smallest absolute Gasteiger partial charge is 0.481 e. The fourth-order valence-electron chi connectivity index (χ4n) is 1.24. The van der Waals surface area contributed by atoms with Gasteiger partial charge < -0.3 is 20.0 Å². The maximum atomic E-state index is 12.1. The van der Waals surface area contributed by atoms with Crippen LogP contribution < -0.4 is 10.3 Å². The topological polar surface area (TPSA) is 123 Å². The third kappa shape index (κ3) is 3.97. The second-order valence-electron chi connectivity index (χ2n) is 3.20. The first-order valence-electron chi connectivity index (χ1n) is 4.48. The number of hydrogen-bond acceptors (Lipinski definition) is 5. The molecule has 1 aromatic rings. The van der Waals surface area contributed by atoms with E-state index < -0.39 is 46.4 Å². The van der Waals surface area contributed by atoms with Gasteiger partial charge in [-0.1, -0.05) is 0 Å². The van der Waals surface area contributed by atoms with Crippen molar-refractivity contribution in [2.75, 3.05) is 0 Å². The van der Waals surface area contributed by atoms with E-state index in [1.165, 1.54) is 0 Å². The number of carboxylic acid groups (broad SMARTS) is 1. The molecule has 0 spiro atoms. The number of aromatic amines is 1. The molecular weight excluding hydrogens is 277 g/mol. The van der Waals surface area contributed by atoms with E-state index in [4.69, 9.17) is 5.11 Å². The number of carboxylic acids is 1. The molecule has 19 heavy (non-hydrogen) atoms. The molecule has 1 heterocycles. The van der Waals surface area contributed by atoms with Crippen LogP contribution >= 0.6 is 0 Å². The number of carbonyl (C=O) groups is 1. The molecule has 2 N–H and O–H groups in total. The Morgan fingerprint density at radius 1 is 1.53 bits per heavy atom. The quantitative estimate of drug-likeness (QED) is 0.622. The van der Waals surface area contributed by atoms with Crippen molar-refractivity contribution in [1.29, 1.82) is 0 Å². The van der Waals surface area contributed by atoms with E-state index in [0.29, 0.717) is 6.07 Å². The number of pyridine rings is 1. The normalized spacial score (nSPS) is 11.1. The van der Waals surface area contributed by atoms with Crippen molar-refractivity contribution in [2.24, 2.45) is 0 Å². The minimum Gasteiger partial charge on any atom is -0.481 e. The lowest BCUT2D eigenvalue weighted by molar-refractivity contribution is -0.390. The molecule has 0 fully saturated rings. The molecule has 0 amide bonds. The van der Waals surface area contributed by atoms with Crippen molar-refractivity contribution in [3.8, 4) is 5.75 Å². The zero-order valence-electron chi connectivity index (χ0n) is 8.85. The Hall–Kier alpha value is -2.59. The summed E-state index contributed by atoms with van der Waals surface area (Å²) in [6.45, 7) is 0. The van der Waals surface area contributed by atoms with E-state index in [1.54, 1.807) is 4.98 Å².